The van der Waals surface area contributed by atoms with E-state index >= 15 is 0 Å². The summed E-state index contributed by atoms with van der Waals surface area (Å²) in [5, 5.41) is 12.0. The molecule has 0 amide bonds. The predicted octanol–water partition coefficient (Wildman–Crippen LogP) is 1.35. The molecule has 4 heteroatoms. The van der Waals surface area contributed by atoms with Gasteiger partial charge in [-0.1, -0.05) is 0 Å². The standard InChI is InChI=1S/C12H19NO3/c1-9(13-6-7-14)11-8-10(15-2)4-5-12(11)16-3/h4-5,8-9,13-14H,6-7H2,1-3H3. The zero-order chi connectivity index (χ0) is 12.0. The molecule has 1 unspecified atom stereocenters. The Morgan fingerprint density at radius 3 is 2.62 bits per heavy atom. The van der Waals surface area contributed by atoms with Crippen molar-refractivity contribution in [2.75, 3.05) is 27.4 Å². The third-order valence-corrected chi connectivity index (χ3v) is 2.47. The van der Waals surface area contributed by atoms with Gasteiger partial charge in [0.2, 0.25) is 0 Å². The van der Waals surface area contributed by atoms with E-state index in [1.54, 1.807) is 14.2 Å². The van der Waals surface area contributed by atoms with Crippen LogP contribution in [0.3, 0.4) is 0 Å². The summed E-state index contributed by atoms with van der Waals surface area (Å²) in [5.41, 5.74) is 1.02. The van der Waals surface area contributed by atoms with Gasteiger partial charge in [-0.25, -0.2) is 0 Å². The van der Waals surface area contributed by atoms with Crippen LogP contribution in [0, 0.1) is 0 Å². The van der Waals surface area contributed by atoms with Gasteiger partial charge in [0.15, 0.2) is 0 Å². The maximum absolute atomic E-state index is 8.77. The summed E-state index contributed by atoms with van der Waals surface area (Å²) >= 11 is 0. The zero-order valence-electron chi connectivity index (χ0n) is 9.99. The van der Waals surface area contributed by atoms with E-state index in [0.717, 1.165) is 17.1 Å². The lowest BCUT2D eigenvalue weighted by atomic mass is 10.1. The highest BCUT2D eigenvalue weighted by atomic mass is 16.5. The van der Waals surface area contributed by atoms with Crippen LogP contribution in [0.5, 0.6) is 11.5 Å². The van der Waals surface area contributed by atoms with Crippen molar-refractivity contribution >= 4 is 0 Å². The van der Waals surface area contributed by atoms with Crippen LogP contribution in [-0.2, 0) is 0 Å². The fourth-order valence-corrected chi connectivity index (χ4v) is 1.57. The second-order valence-electron chi connectivity index (χ2n) is 3.51. The molecule has 90 valence electrons. The first-order valence-electron chi connectivity index (χ1n) is 5.29. The summed E-state index contributed by atoms with van der Waals surface area (Å²) in [6, 6.07) is 5.79. The smallest absolute Gasteiger partial charge is 0.123 e. The van der Waals surface area contributed by atoms with E-state index in [2.05, 4.69) is 5.32 Å². The molecular weight excluding hydrogens is 206 g/mol. The van der Waals surface area contributed by atoms with Gasteiger partial charge >= 0.3 is 0 Å². The summed E-state index contributed by atoms with van der Waals surface area (Å²) < 4.78 is 10.5. The van der Waals surface area contributed by atoms with E-state index in [9.17, 15) is 0 Å². The SMILES string of the molecule is COc1ccc(OC)c(C(C)NCCO)c1. The number of hydrogen-bond acceptors (Lipinski definition) is 4. The van der Waals surface area contributed by atoms with Crippen LogP contribution in [0.4, 0.5) is 0 Å². The molecule has 0 saturated carbocycles. The van der Waals surface area contributed by atoms with E-state index in [4.69, 9.17) is 14.6 Å². The van der Waals surface area contributed by atoms with Crippen molar-refractivity contribution in [1.82, 2.24) is 5.32 Å². The summed E-state index contributed by atoms with van der Waals surface area (Å²) in [7, 11) is 3.28. The minimum Gasteiger partial charge on any atom is -0.497 e. The van der Waals surface area contributed by atoms with Crippen molar-refractivity contribution in [2.45, 2.75) is 13.0 Å². The summed E-state index contributed by atoms with van der Waals surface area (Å²) in [5.74, 6) is 1.62. The Kier molecular flexibility index (Phi) is 5.08. The molecule has 1 aromatic carbocycles. The van der Waals surface area contributed by atoms with Crippen molar-refractivity contribution in [3.63, 3.8) is 0 Å². The molecule has 1 rings (SSSR count). The second-order valence-corrected chi connectivity index (χ2v) is 3.51. The molecule has 1 aromatic rings. The van der Waals surface area contributed by atoms with Gasteiger partial charge in [-0.2, -0.15) is 0 Å². The normalized spacial score (nSPS) is 12.2. The predicted molar refractivity (Wildman–Crippen MR) is 63.0 cm³/mol. The number of methoxy groups -OCH3 is 2. The van der Waals surface area contributed by atoms with Crippen LogP contribution < -0.4 is 14.8 Å². The van der Waals surface area contributed by atoms with Crippen molar-refractivity contribution in [3.8, 4) is 11.5 Å². The van der Waals surface area contributed by atoms with Crippen molar-refractivity contribution in [3.05, 3.63) is 23.8 Å². The average molecular weight is 225 g/mol. The van der Waals surface area contributed by atoms with Crippen LogP contribution >= 0.6 is 0 Å². The topological polar surface area (TPSA) is 50.7 Å². The van der Waals surface area contributed by atoms with Crippen molar-refractivity contribution < 1.29 is 14.6 Å². The Hall–Kier alpha value is -1.26. The molecule has 4 nitrogen and oxygen atoms in total. The van der Waals surface area contributed by atoms with Crippen LogP contribution in [-0.4, -0.2) is 32.5 Å². The number of rotatable bonds is 6. The first-order valence-corrected chi connectivity index (χ1v) is 5.29. The number of hydrogen-bond donors (Lipinski definition) is 2. The molecule has 16 heavy (non-hydrogen) atoms. The van der Waals surface area contributed by atoms with Gasteiger partial charge in [0.25, 0.3) is 0 Å². The highest BCUT2D eigenvalue weighted by Crippen LogP contribution is 2.28. The molecule has 0 fully saturated rings. The van der Waals surface area contributed by atoms with Gasteiger partial charge in [0.1, 0.15) is 11.5 Å². The Morgan fingerprint density at radius 1 is 1.31 bits per heavy atom. The lowest BCUT2D eigenvalue weighted by Crippen LogP contribution is -2.22. The highest BCUT2D eigenvalue weighted by molar-refractivity contribution is 5.42. The molecule has 1 atom stereocenters. The number of benzene rings is 1. The lowest BCUT2D eigenvalue weighted by molar-refractivity contribution is 0.285. The molecule has 2 N–H and O–H groups in total. The third kappa shape index (κ3) is 3.12. The first-order chi connectivity index (χ1) is 7.72. The molecule has 0 bridgehead atoms. The van der Waals surface area contributed by atoms with Crippen molar-refractivity contribution in [2.24, 2.45) is 0 Å². The maximum atomic E-state index is 8.77. The van der Waals surface area contributed by atoms with Gasteiger partial charge in [0.05, 0.1) is 20.8 Å². The molecule has 0 aliphatic rings. The average Bonchev–Trinajstić information content (AvgIpc) is 2.35. The Bertz CT molecular complexity index is 328. The molecule has 0 heterocycles. The highest BCUT2D eigenvalue weighted by Gasteiger charge is 2.11. The van der Waals surface area contributed by atoms with Crippen LogP contribution in [0.1, 0.15) is 18.5 Å². The van der Waals surface area contributed by atoms with E-state index < -0.39 is 0 Å². The molecule has 0 saturated heterocycles. The van der Waals surface area contributed by atoms with Crippen molar-refractivity contribution in [1.29, 1.82) is 0 Å². The first kappa shape index (κ1) is 12.8. The molecule has 0 aliphatic carbocycles. The summed E-state index contributed by atoms with van der Waals surface area (Å²) in [6.07, 6.45) is 0. The van der Waals surface area contributed by atoms with E-state index in [-0.39, 0.29) is 12.6 Å². The number of nitrogens with one attached hydrogen (secondary N) is 1. The second kappa shape index (κ2) is 6.35. The van der Waals surface area contributed by atoms with Gasteiger partial charge in [-0.3, -0.25) is 0 Å². The van der Waals surface area contributed by atoms with E-state index in [0.29, 0.717) is 6.54 Å². The van der Waals surface area contributed by atoms with Gasteiger partial charge < -0.3 is 19.9 Å². The molecule has 0 aromatic heterocycles. The zero-order valence-corrected chi connectivity index (χ0v) is 9.99. The number of aliphatic hydroxyl groups excluding tert-OH is 1. The summed E-state index contributed by atoms with van der Waals surface area (Å²) in [4.78, 5) is 0. The Labute approximate surface area is 96.2 Å². The number of aliphatic hydroxyl groups is 1. The van der Waals surface area contributed by atoms with Gasteiger partial charge in [-0.05, 0) is 25.1 Å². The largest absolute Gasteiger partial charge is 0.497 e. The Morgan fingerprint density at radius 2 is 2.06 bits per heavy atom. The minimum atomic E-state index is 0.109. The monoisotopic (exact) mass is 225 g/mol. The minimum absolute atomic E-state index is 0.109. The summed E-state index contributed by atoms with van der Waals surface area (Å²) in [6.45, 7) is 2.70. The quantitative estimate of drug-likeness (QED) is 0.767. The molecular formula is C12H19NO3. The lowest BCUT2D eigenvalue weighted by Gasteiger charge is -2.17. The molecule has 0 spiro atoms. The molecule has 0 aliphatic heterocycles. The maximum Gasteiger partial charge on any atom is 0.123 e. The van der Waals surface area contributed by atoms with Crippen LogP contribution in [0.15, 0.2) is 18.2 Å². The van der Waals surface area contributed by atoms with E-state index in [1.165, 1.54) is 0 Å². The third-order valence-electron chi connectivity index (χ3n) is 2.47. The van der Waals surface area contributed by atoms with E-state index in [1.807, 2.05) is 25.1 Å². The van der Waals surface area contributed by atoms with Crippen LogP contribution in [0.25, 0.3) is 0 Å². The molecule has 0 radical (unpaired) electrons. The fourth-order valence-electron chi connectivity index (χ4n) is 1.57. The van der Waals surface area contributed by atoms with Gasteiger partial charge in [-0.15, -0.1) is 0 Å². The Balaban J connectivity index is 2.89. The van der Waals surface area contributed by atoms with Gasteiger partial charge in [0, 0.05) is 18.2 Å². The fraction of sp³-hybridized carbons (Fsp3) is 0.500. The van der Waals surface area contributed by atoms with Crippen LogP contribution in [0.2, 0.25) is 0 Å². The number of ether oxygens (including phenoxy) is 2.